The van der Waals surface area contributed by atoms with E-state index in [0.717, 1.165) is 5.56 Å². The molecular weight excluding hydrogens is 426 g/mol. The van der Waals surface area contributed by atoms with Gasteiger partial charge in [-0.3, -0.25) is 19.6 Å². The number of carbonyl (C=O) groups is 2. The smallest absolute Gasteiger partial charge is 0.343 e. The van der Waals surface area contributed by atoms with E-state index in [1.165, 1.54) is 24.7 Å². The fourth-order valence-electron chi connectivity index (χ4n) is 3.27. The highest BCUT2D eigenvalue weighted by Crippen LogP contribution is 2.24. The maximum Gasteiger partial charge on any atom is 0.343 e. The van der Waals surface area contributed by atoms with Gasteiger partial charge in [-0.25, -0.2) is 10.2 Å². The van der Waals surface area contributed by atoms with Gasteiger partial charge in [0.05, 0.1) is 16.7 Å². The van der Waals surface area contributed by atoms with E-state index in [1.807, 2.05) is 13.0 Å². The molecule has 0 aliphatic rings. The number of carbonyl (C=O) groups excluding carboxylic acids is 2. The summed E-state index contributed by atoms with van der Waals surface area (Å²) in [6.07, 6.45) is 1.40. The highest BCUT2D eigenvalue weighted by molar-refractivity contribution is 5.91. The van der Waals surface area contributed by atoms with E-state index in [1.54, 1.807) is 49.4 Å². The van der Waals surface area contributed by atoms with Crippen LogP contribution < -0.4 is 10.2 Å². The summed E-state index contributed by atoms with van der Waals surface area (Å²) >= 11 is 0. The van der Waals surface area contributed by atoms with Crippen LogP contribution in [-0.4, -0.2) is 32.8 Å². The summed E-state index contributed by atoms with van der Waals surface area (Å²) in [7, 11) is 0. The Hall–Kier alpha value is -4.34. The molecule has 0 saturated carbocycles. The molecule has 1 atom stereocenters. The van der Waals surface area contributed by atoms with Crippen LogP contribution in [0.2, 0.25) is 0 Å². The van der Waals surface area contributed by atoms with Crippen molar-refractivity contribution in [3.05, 3.63) is 86.7 Å². The Labute approximate surface area is 190 Å². The van der Waals surface area contributed by atoms with Crippen molar-refractivity contribution in [2.75, 3.05) is 0 Å². The van der Waals surface area contributed by atoms with Gasteiger partial charge in [0, 0.05) is 0 Å². The SMILES string of the molecule is Cc1cccc(C(=O)Oc2cccc(/C=N/NC(=O)C(C)n3nc(C)c([N+](=O)[O-])c3C)c2)c1. The van der Waals surface area contributed by atoms with Crippen LogP contribution in [0.4, 0.5) is 5.69 Å². The number of aryl methyl sites for hydroxylation is 2. The molecule has 3 aromatic rings. The lowest BCUT2D eigenvalue weighted by atomic mass is 10.1. The van der Waals surface area contributed by atoms with E-state index >= 15 is 0 Å². The highest BCUT2D eigenvalue weighted by Gasteiger charge is 2.26. The van der Waals surface area contributed by atoms with Gasteiger partial charge in [-0.1, -0.05) is 29.8 Å². The average Bonchev–Trinajstić information content (AvgIpc) is 3.07. The third kappa shape index (κ3) is 5.48. The molecule has 2 aromatic carbocycles. The minimum Gasteiger partial charge on any atom is -0.423 e. The summed E-state index contributed by atoms with van der Waals surface area (Å²) in [5.41, 5.74) is 4.79. The Morgan fingerprint density at radius 3 is 2.58 bits per heavy atom. The largest absolute Gasteiger partial charge is 0.423 e. The standard InChI is InChI=1S/C23H23N5O5/c1-14-7-5-9-19(11-14)23(30)33-20-10-6-8-18(12-20)13-24-25-22(29)17(4)27-16(3)21(28(31)32)15(2)26-27/h5-13,17H,1-4H3,(H,25,29)/b24-13+. The minimum atomic E-state index is -0.809. The molecule has 1 unspecified atom stereocenters. The highest BCUT2D eigenvalue weighted by atomic mass is 16.6. The second-order valence-electron chi connectivity index (χ2n) is 7.46. The number of nitrogens with zero attached hydrogens (tertiary/aromatic N) is 4. The number of aromatic nitrogens is 2. The van der Waals surface area contributed by atoms with Crippen molar-refractivity contribution in [1.29, 1.82) is 0 Å². The third-order valence-corrected chi connectivity index (χ3v) is 4.93. The summed E-state index contributed by atoms with van der Waals surface area (Å²) in [6.45, 7) is 6.51. The average molecular weight is 449 g/mol. The number of hydrogen-bond donors (Lipinski definition) is 1. The quantitative estimate of drug-likeness (QED) is 0.193. The third-order valence-electron chi connectivity index (χ3n) is 4.93. The molecule has 0 aliphatic carbocycles. The van der Waals surface area contributed by atoms with Gasteiger partial charge in [0.2, 0.25) is 0 Å². The number of benzene rings is 2. The fourth-order valence-corrected chi connectivity index (χ4v) is 3.27. The van der Waals surface area contributed by atoms with E-state index in [4.69, 9.17) is 4.74 Å². The maximum atomic E-state index is 12.4. The summed E-state index contributed by atoms with van der Waals surface area (Å²) in [4.78, 5) is 35.4. The zero-order chi connectivity index (χ0) is 24.1. The predicted molar refractivity (Wildman–Crippen MR) is 121 cm³/mol. The Morgan fingerprint density at radius 2 is 1.91 bits per heavy atom. The Morgan fingerprint density at radius 1 is 1.18 bits per heavy atom. The number of hydrogen-bond acceptors (Lipinski definition) is 7. The molecule has 0 radical (unpaired) electrons. The van der Waals surface area contributed by atoms with Gasteiger partial charge in [-0.2, -0.15) is 10.2 Å². The van der Waals surface area contributed by atoms with Crippen LogP contribution in [0.3, 0.4) is 0 Å². The van der Waals surface area contributed by atoms with Gasteiger partial charge in [-0.05, 0) is 57.5 Å². The molecule has 0 spiro atoms. The van der Waals surface area contributed by atoms with Crippen LogP contribution >= 0.6 is 0 Å². The van der Waals surface area contributed by atoms with Gasteiger partial charge >= 0.3 is 11.7 Å². The fraction of sp³-hybridized carbons (Fsp3) is 0.217. The van der Waals surface area contributed by atoms with Gasteiger partial charge < -0.3 is 4.74 Å². The first kappa shape index (κ1) is 23.3. The predicted octanol–water partition coefficient (Wildman–Crippen LogP) is 3.65. The first-order valence-corrected chi connectivity index (χ1v) is 10.1. The molecule has 0 fully saturated rings. The van der Waals surface area contributed by atoms with E-state index in [2.05, 4.69) is 15.6 Å². The molecule has 1 amide bonds. The Bertz CT molecular complexity index is 1250. The van der Waals surface area contributed by atoms with Crippen molar-refractivity contribution in [2.45, 2.75) is 33.7 Å². The van der Waals surface area contributed by atoms with Crippen molar-refractivity contribution in [3.8, 4) is 5.75 Å². The number of esters is 1. The molecule has 0 saturated heterocycles. The second kappa shape index (κ2) is 9.86. The van der Waals surface area contributed by atoms with Gasteiger partial charge in [-0.15, -0.1) is 0 Å². The van der Waals surface area contributed by atoms with Crippen LogP contribution in [-0.2, 0) is 4.79 Å². The van der Waals surface area contributed by atoms with E-state index in [9.17, 15) is 19.7 Å². The Balaban J connectivity index is 1.65. The van der Waals surface area contributed by atoms with Gasteiger partial charge in [0.1, 0.15) is 23.2 Å². The molecule has 3 rings (SSSR count). The number of rotatable bonds is 7. The molecule has 1 heterocycles. The van der Waals surface area contributed by atoms with Crippen molar-refractivity contribution in [3.63, 3.8) is 0 Å². The van der Waals surface area contributed by atoms with E-state index < -0.39 is 22.8 Å². The topological polar surface area (TPSA) is 129 Å². The summed E-state index contributed by atoms with van der Waals surface area (Å²) in [5.74, 6) is -0.636. The van der Waals surface area contributed by atoms with E-state index in [-0.39, 0.29) is 17.1 Å². The number of nitrogens with one attached hydrogen (secondary N) is 1. The number of ether oxygens (including phenoxy) is 1. The number of hydrazone groups is 1. The second-order valence-corrected chi connectivity index (χ2v) is 7.46. The number of nitro groups is 1. The normalized spacial score (nSPS) is 11.9. The number of amides is 1. The van der Waals surface area contributed by atoms with Crippen molar-refractivity contribution in [1.82, 2.24) is 15.2 Å². The van der Waals surface area contributed by atoms with Gasteiger partial charge in [0.15, 0.2) is 0 Å². The maximum absolute atomic E-state index is 12.4. The van der Waals surface area contributed by atoms with Crippen molar-refractivity contribution < 1.29 is 19.2 Å². The first-order valence-electron chi connectivity index (χ1n) is 10.1. The lowest BCUT2D eigenvalue weighted by Crippen LogP contribution is -2.28. The van der Waals surface area contributed by atoms with Crippen LogP contribution in [0.5, 0.6) is 5.75 Å². The molecule has 10 heteroatoms. The Kier molecular flexibility index (Phi) is 6.97. The summed E-state index contributed by atoms with van der Waals surface area (Å²) in [6, 6.07) is 12.9. The summed E-state index contributed by atoms with van der Waals surface area (Å²) < 4.78 is 6.71. The zero-order valence-electron chi connectivity index (χ0n) is 18.6. The summed E-state index contributed by atoms with van der Waals surface area (Å²) in [5, 5.41) is 19.2. The molecule has 10 nitrogen and oxygen atoms in total. The molecule has 33 heavy (non-hydrogen) atoms. The molecule has 1 aromatic heterocycles. The van der Waals surface area contributed by atoms with Gasteiger partial charge in [0.25, 0.3) is 5.91 Å². The van der Waals surface area contributed by atoms with Crippen LogP contribution in [0.15, 0.2) is 53.6 Å². The minimum absolute atomic E-state index is 0.116. The van der Waals surface area contributed by atoms with E-state index in [0.29, 0.717) is 16.9 Å². The van der Waals surface area contributed by atoms with Crippen molar-refractivity contribution >= 4 is 23.8 Å². The lowest BCUT2D eigenvalue weighted by molar-refractivity contribution is -0.386. The molecular formula is C23H23N5O5. The molecule has 0 bridgehead atoms. The monoisotopic (exact) mass is 449 g/mol. The molecule has 170 valence electrons. The van der Waals surface area contributed by atoms with Crippen LogP contribution in [0.25, 0.3) is 0 Å². The molecule has 0 aliphatic heterocycles. The zero-order valence-corrected chi connectivity index (χ0v) is 18.6. The van der Waals surface area contributed by atoms with Crippen LogP contribution in [0.1, 0.15) is 45.8 Å². The van der Waals surface area contributed by atoms with Crippen LogP contribution in [0, 0.1) is 30.9 Å². The lowest BCUT2D eigenvalue weighted by Gasteiger charge is -2.11. The molecule has 1 N–H and O–H groups in total. The van der Waals surface area contributed by atoms with Crippen molar-refractivity contribution in [2.24, 2.45) is 5.10 Å². The first-order chi connectivity index (χ1) is 15.7.